The van der Waals surface area contributed by atoms with Crippen molar-refractivity contribution in [2.75, 3.05) is 0 Å². The fraction of sp³-hybridized carbons (Fsp3) is 1.00. The summed E-state index contributed by atoms with van der Waals surface area (Å²) in [4.78, 5) is 0. The van der Waals surface area contributed by atoms with Gasteiger partial charge >= 0.3 is 0 Å². The van der Waals surface area contributed by atoms with Crippen molar-refractivity contribution in [1.29, 1.82) is 0 Å². The second-order valence-electron chi connectivity index (χ2n) is 12.9. The molecule has 0 aromatic carbocycles. The topological polar surface area (TPSA) is 0 Å². The highest BCUT2D eigenvalue weighted by Gasteiger charge is 2.60. The van der Waals surface area contributed by atoms with Crippen LogP contribution < -0.4 is 0 Å². The first-order chi connectivity index (χ1) is 13.3. The molecular weight excluding hydrogens is 336 g/mol. The molecule has 9 unspecified atom stereocenters. The molecule has 0 aromatic rings. The van der Waals surface area contributed by atoms with Gasteiger partial charge in [-0.15, -0.1) is 0 Å². The Labute approximate surface area is 177 Å². The first-order valence-corrected chi connectivity index (χ1v) is 13.3. The monoisotopic (exact) mass is 386 g/mol. The van der Waals surface area contributed by atoms with E-state index in [2.05, 4.69) is 41.5 Å². The van der Waals surface area contributed by atoms with Crippen molar-refractivity contribution in [3.8, 4) is 0 Å². The van der Waals surface area contributed by atoms with Crippen molar-refractivity contribution >= 4 is 0 Å². The third-order valence-corrected chi connectivity index (χ3v) is 11.6. The summed E-state index contributed by atoms with van der Waals surface area (Å²) in [7, 11) is 0. The lowest BCUT2D eigenvalue weighted by Crippen LogP contribution is -2.53. The molecule has 0 nitrogen and oxygen atoms in total. The average molecular weight is 387 g/mol. The largest absolute Gasteiger partial charge is 0.0625 e. The van der Waals surface area contributed by atoms with E-state index in [9.17, 15) is 0 Å². The third-order valence-electron chi connectivity index (χ3n) is 11.6. The summed E-state index contributed by atoms with van der Waals surface area (Å²) < 4.78 is 0. The smallest absolute Gasteiger partial charge is 0.0264 e. The van der Waals surface area contributed by atoms with Gasteiger partial charge in [0.1, 0.15) is 0 Å². The molecule has 4 aliphatic carbocycles. The van der Waals surface area contributed by atoms with Crippen LogP contribution in [0.5, 0.6) is 0 Å². The van der Waals surface area contributed by atoms with Gasteiger partial charge in [0.2, 0.25) is 0 Å². The minimum Gasteiger partial charge on any atom is -0.0625 e. The molecule has 4 saturated carbocycles. The molecule has 0 bridgehead atoms. The van der Waals surface area contributed by atoms with Crippen molar-refractivity contribution < 1.29 is 0 Å². The van der Waals surface area contributed by atoms with E-state index in [1.807, 2.05) is 0 Å². The number of fused-ring (bicyclic) bond motifs is 5. The zero-order valence-corrected chi connectivity index (χ0v) is 20.1. The standard InChI is InChI=1S/C28H50/c1-19(2)20(3)10-11-21(4)24-14-15-25-23-13-12-22-9-7-8-17-27(22,5)26(23)16-18-28(24,25)6/h19-26H,7-18H2,1-6H3. The van der Waals surface area contributed by atoms with Crippen molar-refractivity contribution in [2.24, 2.45) is 58.2 Å². The van der Waals surface area contributed by atoms with E-state index in [4.69, 9.17) is 0 Å². The van der Waals surface area contributed by atoms with E-state index in [1.165, 1.54) is 25.7 Å². The predicted octanol–water partition coefficient (Wildman–Crippen LogP) is 8.74. The summed E-state index contributed by atoms with van der Waals surface area (Å²) in [5.74, 6) is 7.96. The average Bonchev–Trinajstić information content (AvgIpc) is 3.02. The lowest BCUT2D eigenvalue weighted by Gasteiger charge is -2.61. The molecule has 0 saturated heterocycles. The zero-order valence-electron chi connectivity index (χ0n) is 20.1. The molecule has 0 aromatic heterocycles. The molecule has 0 heteroatoms. The van der Waals surface area contributed by atoms with Gasteiger partial charge in [-0.1, -0.05) is 67.2 Å². The minimum absolute atomic E-state index is 0.666. The highest BCUT2D eigenvalue weighted by Crippen LogP contribution is 2.68. The molecule has 162 valence electrons. The van der Waals surface area contributed by atoms with Crippen LogP contribution in [0, 0.1) is 58.2 Å². The molecule has 0 spiro atoms. The summed E-state index contributed by atoms with van der Waals surface area (Å²) >= 11 is 0. The summed E-state index contributed by atoms with van der Waals surface area (Å²) in [6, 6.07) is 0. The lowest BCUT2D eigenvalue weighted by molar-refractivity contribution is -0.114. The van der Waals surface area contributed by atoms with Crippen molar-refractivity contribution in [3.05, 3.63) is 0 Å². The quantitative estimate of drug-likeness (QED) is 0.443. The third kappa shape index (κ3) is 3.41. The molecule has 4 fully saturated rings. The van der Waals surface area contributed by atoms with Gasteiger partial charge in [0.05, 0.1) is 0 Å². The van der Waals surface area contributed by atoms with E-state index >= 15 is 0 Å². The van der Waals surface area contributed by atoms with E-state index in [-0.39, 0.29) is 0 Å². The highest BCUT2D eigenvalue weighted by molar-refractivity contribution is 5.09. The van der Waals surface area contributed by atoms with E-state index in [0.717, 1.165) is 47.3 Å². The van der Waals surface area contributed by atoms with Gasteiger partial charge < -0.3 is 0 Å². The molecule has 0 heterocycles. The van der Waals surface area contributed by atoms with Crippen LogP contribution >= 0.6 is 0 Å². The second kappa shape index (κ2) is 7.92. The predicted molar refractivity (Wildman–Crippen MR) is 122 cm³/mol. The Balaban J connectivity index is 1.46. The fourth-order valence-corrected chi connectivity index (χ4v) is 9.33. The Bertz CT molecular complexity index is 534. The fourth-order valence-electron chi connectivity index (χ4n) is 9.33. The molecule has 0 aliphatic heterocycles. The van der Waals surface area contributed by atoms with Crippen LogP contribution in [0.1, 0.15) is 119 Å². The summed E-state index contributed by atoms with van der Waals surface area (Å²) in [6.07, 6.45) is 18.4. The van der Waals surface area contributed by atoms with Crippen LogP contribution in [0.3, 0.4) is 0 Å². The molecule has 4 aliphatic rings. The first-order valence-electron chi connectivity index (χ1n) is 13.3. The molecule has 0 amide bonds. The van der Waals surface area contributed by atoms with Gasteiger partial charge in [-0.25, -0.2) is 0 Å². The van der Waals surface area contributed by atoms with Crippen molar-refractivity contribution in [3.63, 3.8) is 0 Å². The van der Waals surface area contributed by atoms with E-state index < -0.39 is 0 Å². The molecule has 0 radical (unpaired) electrons. The molecule has 0 N–H and O–H groups in total. The highest BCUT2D eigenvalue weighted by atomic mass is 14.6. The van der Waals surface area contributed by atoms with Gasteiger partial charge in [0.15, 0.2) is 0 Å². The molecule has 9 atom stereocenters. The van der Waals surface area contributed by atoms with Gasteiger partial charge in [0, 0.05) is 0 Å². The van der Waals surface area contributed by atoms with E-state index in [0.29, 0.717) is 10.8 Å². The summed E-state index contributed by atoms with van der Waals surface area (Å²) in [6.45, 7) is 15.4. The van der Waals surface area contributed by atoms with Crippen LogP contribution in [0.25, 0.3) is 0 Å². The van der Waals surface area contributed by atoms with Gasteiger partial charge in [-0.2, -0.15) is 0 Å². The molecule has 28 heavy (non-hydrogen) atoms. The second-order valence-corrected chi connectivity index (χ2v) is 12.9. The van der Waals surface area contributed by atoms with Crippen LogP contribution in [-0.2, 0) is 0 Å². The van der Waals surface area contributed by atoms with Gasteiger partial charge in [0.25, 0.3) is 0 Å². The zero-order chi connectivity index (χ0) is 20.1. The maximum Gasteiger partial charge on any atom is -0.0264 e. The minimum atomic E-state index is 0.666. The van der Waals surface area contributed by atoms with Crippen LogP contribution in [0.2, 0.25) is 0 Å². The Hall–Kier alpha value is 0. The van der Waals surface area contributed by atoms with Crippen LogP contribution in [-0.4, -0.2) is 0 Å². The van der Waals surface area contributed by atoms with Crippen molar-refractivity contribution in [2.45, 2.75) is 119 Å². The Morgan fingerprint density at radius 3 is 2.21 bits per heavy atom. The maximum absolute atomic E-state index is 2.75. The number of rotatable bonds is 5. The summed E-state index contributed by atoms with van der Waals surface area (Å²) in [5, 5.41) is 0. The normalized spacial score (nSPS) is 47.9. The van der Waals surface area contributed by atoms with Crippen LogP contribution in [0.4, 0.5) is 0 Å². The van der Waals surface area contributed by atoms with Gasteiger partial charge in [-0.3, -0.25) is 0 Å². The molecular formula is C28H50. The summed E-state index contributed by atoms with van der Waals surface area (Å²) in [5.41, 5.74) is 1.37. The van der Waals surface area contributed by atoms with E-state index in [1.54, 1.807) is 51.4 Å². The van der Waals surface area contributed by atoms with Crippen LogP contribution in [0.15, 0.2) is 0 Å². The Kier molecular flexibility index (Phi) is 6.01. The first kappa shape index (κ1) is 21.2. The van der Waals surface area contributed by atoms with Gasteiger partial charge in [-0.05, 0) is 110 Å². The lowest BCUT2D eigenvalue weighted by atomic mass is 9.44. The Morgan fingerprint density at radius 2 is 1.46 bits per heavy atom. The Morgan fingerprint density at radius 1 is 0.714 bits per heavy atom. The number of hydrogen-bond acceptors (Lipinski definition) is 0. The van der Waals surface area contributed by atoms with Crippen molar-refractivity contribution in [1.82, 2.24) is 0 Å². The number of hydrogen-bond donors (Lipinski definition) is 0. The molecule has 4 rings (SSSR count). The SMILES string of the molecule is CC(C)C(C)CCC(C)C1CCC2C3CCC4CCCCC4(C)C3CCC12C. The maximum atomic E-state index is 2.75.